The van der Waals surface area contributed by atoms with Gasteiger partial charge in [-0.1, -0.05) is 11.8 Å². The first kappa shape index (κ1) is 23.9. The molecule has 1 rings (SSSR count). The maximum absolute atomic E-state index is 12.2. The van der Waals surface area contributed by atoms with Crippen molar-refractivity contribution in [1.82, 2.24) is 15.3 Å². The van der Waals surface area contributed by atoms with E-state index < -0.39 is 5.97 Å². The van der Waals surface area contributed by atoms with Crippen molar-refractivity contribution >= 4 is 47.0 Å². The van der Waals surface area contributed by atoms with Crippen LogP contribution >= 0.6 is 24.2 Å². The van der Waals surface area contributed by atoms with Gasteiger partial charge >= 0.3 is 5.97 Å². The largest absolute Gasteiger partial charge is 0.466 e. The summed E-state index contributed by atoms with van der Waals surface area (Å²) in [5.41, 5.74) is 6.84. The second-order valence-electron chi connectivity index (χ2n) is 5.28. The van der Waals surface area contributed by atoms with Crippen molar-refractivity contribution in [2.45, 2.75) is 40.5 Å². The van der Waals surface area contributed by atoms with E-state index in [1.807, 2.05) is 0 Å². The van der Waals surface area contributed by atoms with Gasteiger partial charge < -0.3 is 15.8 Å². The lowest BCUT2D eigenvalue weighted by atomic mass is 10.2. The van der Waals surface area contributed by atoms with Crippen molar-refractivity contribution in [3.8, 4) is 0 Å². The predicted octanol–water partition coefficient (Wildman–Crippen LogP) is 1.91. The van der Waals surface area contributed by atoms with Gasteiger partial charge in [-0.15, -0.1) is 12.4 Å². The van der Waals surface area contributed by atoms with Gasteiger partial charge in [0.25, 0.3) is 0 Å². The molecule has 1 aromatic rings. The average molecular weight is 403 g/mol. The molecular formula is C16H23ClN4O4S. The van der Waals surface area contributed by atoms with Gasteiger partial charge in [0, 0.05) is 42.6 Å². The van der Waals surface area contributed by atoms with Crippen LogP contribution in [-0.2, 0) is 25.5 Å². The Morgan fingerprint density at radius 1 is 1.27 bits per heavy atom. The molecule has 0 aromatic carbocycles. The molecule has 10 heteroatoms. The number of anilines is 1. The molecule has 0 spiro atoms. The number of nitrogens with two attached hydrogens (primary N) is 1. The van der Waals surface area contributed by atoms with Gasteiger partial charge in [-0.25, -0.2) is 9.97 Å². The van der Waals surface area contributed by atoms with Crippen LogP contribution in [0.15, 0.2) is 16.8 Å². The van der Waals surface area contributed by atoms with Crippen molar-refractivity contribution in [3.63, 3.8) is 0 Å². The van der Waals surface area contributed by atoms with E-state index in [9.17, 15) is 14.4 Å². The highest BCUT2D eigenvalue weighted by molar-refractivity contribution is 8.16. The number of nitrogens with zero attached hydrogens (tertiary/aromatic N) is 2. The first-order valence-electron chi connectivity index (χ1n) is 7.58. The third-order valence-electron chi connectivity index (χ3n) is 3.02. The lowest BCUT2D eigenvalue weighted by Gasteiger charge is -2.12. The highest BCUT2D eigenvalue weighted by Gasteiger charge is 2.13. The fraction of sp³-hybridized carbons (Fsp3) is 0.438. The number of halogens is 1. The molecule has 0 aliphatic heterocycles. The highest BCUT2D eigenvalue weighted by atomic mass is 35.5. The first-order chi connectivity index (χ1) is 11.7. The van der Waals surface area contributed by atoms with Gasteiger partial charge in [0.15, 0.2) is 5.12 Å². The fourth-order valence-corrected chi connectivity index (χ4v) is 2.66. The molecule has 0 atom stereocenters. The molecule has 1 heterocycles. The van der Waals surface area contributed by atoms with Crippen molar-refractivity contribution in [2.75, 3.05) is 12.3 Å². The Balaban J connectivity index is 0.00000625. The van der Waals surface area contributed by atoms with Crippen LogP contribution in [-0.4, -0.2) is 33.6 Å². The SMILES string of the molecule is CC(=O)OCCC(SC(C)=O)=C(C)NC(=O)Cc1cnc(C)nc1N.Cl. The lowest BCUT2D eigenvalue weighted by molar-refractivity contribution is -0.140. The number of amides is 1. The smallest absolute Gasteiger partial charge is 0.302 e. The number of carbonyl (C=O) groups is 3. The third kappa shape index (κ3) is 8.82. The molecule has 3 N–H and O–H groups in total. The molecule has 1 amide bonds. The molecule has 0 aliphatic carbocycles. The minimum atomic E-state index is -0.399. The van der Waals surface area contributed by atoms with Crippen molar-refractivity contribution in [2.24, 2.45) is 0 Å². The zero-order valence-corrected chi connectivity index (χ0v) is 16.8. The minimum Gasteiger partial charge on any atom is -0.466 e. The van der Waals surface area contributed by atoms with Gasteiger partial charge in [0.1, 0.15) is 11.6 Å². The number of nitrogens with one attached hydrogen (secondary N) is 1. The number of hydrogen-bond donors (Lipinski definition) is 2. The summed E-state index contributed by atoms with van der Waals surface area (Å²) in [6.45, 7) is 6.27. The van der Waals surface area contributed by atoms with Gasteiger partial charge in [-0.2, -0.15) is 0 Å². The molecule has 0 fully saturated rings. The fourth-order valence-electron chi connectivity index (χ4n) is 1.92. The number of rotatable bonds is 7. The van der Waals surface area contributed by atoms with Crippen molar-refractivity contribution in [1.29, 1.82) is 0 Å². The van der Waals surface area contributed by atoms with E-state index in [1.54, 1.807) is 13.8 Å². The number of thioether (sulfide) groups is 1. The monoisotopic (exact) mass is 402 g/mol. The molecule has 0 saturated heterocycles. The van der Waals surface area contributed by atoms with Gasteiger partial charge in [0.05, 0.1) is 13.0 Å². The number of nitrogen functional groups attached to an aromatic ring is 1. The summed E-state index contributed by atoms with van der Waals surface area (Å²) >= 11 is 0.998. The van der Waals surface area contributed by atoms with Crippen LogP contribution in [0.5, 0.6) is 0 Å². The predicted molar refractivity (Wildman–Crippen MR) is 102 cm³/mol. The Morgan fingerprint density at radius 3 is 2.46 bits per heavy atom. The van der Waals surface area contributed by atoms with Gasteiger partial charge in [-0.3, -0.25) is 14.4 Å². The number of hydrogen-bond acceptors (Lipinski definition) is 8. The topological polar surface area (TPSA) is 124 Å². The summed E-state index contributed by atoms with van der Waals surface area (Å²) in [6.07, 6.45) is 1.87. The summed E-state index contributed by atoms with van der Waals surface area (Å²) < 4.78 is 4.89. The zero-order valence-electron chi connectivity index (χ0n) is 15.1. The summed E-state index contributed by atoms with van der Waals surface area (Å²) in [7, 11) is 0. The van der Waals surface area contributed by atoms with Crippen LogP contribution in [0.1, 0.15) is 38.6 Å². The Morgan fingerprint density at radius 2 is 1.92 bits per heavy atom. The van der Waals surface area contributed by atoms with Crippen molar-refractivity contribution in [3.05, 3.63) is 28.2 Å². The number of aryl methyl sites for hydroxylation is 1. The molecule has 0 radical (unpaired) electrons. The average Bonchev–Trinajstić information content (AvgIpc) is 2.48. The van der Waals surface area contributed by atoms with Crippen LogP contribution in [0.3, 0.4) is 0 Å². The molecule has 0 saturated carbocycles. The summed E-state index contributed by atoms with van der Waals surface area (Å²) in [5, 5.41) is 2.61. The normalized spacial score (nSPS) is 11.1. The molecule has 0 bridgehead atoms. The summed E-state index contributed by atoms with van der Waals surface area (Å²) in [5.74, 6) is 0.0929. The molecule has 0 aliphatic rings. The van der Waals surface area contributed by atoms with Gasteiger partial charge in [0.2, 0.25) is 5.91 Å². The molecule has 0 unspecified atom stereocenters. The maximum Gasteiger partial charge on any atom is 0.302 e. The Kier molecular flexibility index (Phi) is 10.5. The standard InChI is InChI=1S/C16H22N4O4S.ClH/c1-9(14(25-12(4)22)5-6-24-11(3)21)19-15(23)7-13-8-18-10(2)20-16(13)17;/h8H,5-7H2,1-4H3,(H,19,23)(H2,17,18,20);1H. The van der Waals surface area contributed by atoms with E-state index in [-0.39, 0.29) is 42.3 Å². The summed E-state index contributed by atoms with van der Waals surface area (Å²) in [6, 6.07) is 0. The summed E-state index contributed by atoms with van der Waals surface area (Å²) in [4.78, 5) is 43.1. The van der Waals surface area contributed by atoms with E-state index in [1.165, 1.54) is 20.0 Å². The molecular weight excluding hydrogens is 380 g/mol. The maximum atomic E-state index is 12.2. The van der Waals surface area contributed by atoms with Gasteiger partial charge in [-0.05, 0) is 13.8 Å². The number of carbonyl (C=O) groups excluding carboxylic acids is 3. The highest BCUT2D eigenvalue weighted by Crippen LogP contribution is 2.23. The van der Waals surface area contributed by atoms with E-state index >= 15 is 0 Å². The van der Waals surface area contributed by atoms with Crippen LogP contribution in [0.4, 0.5) is 5.82 Å². The molecule has 144 valence electrons. The van der Waals surface area contributed by atoms with E-state index in [4.69, 9.17) is 10.5 Å². The van der Waals surface area contributed by atoms with Crippen molar-refractivity contribution < 1.29 is 19.1 Å². The van der Waals surface area contributed by atoms with E-state index in [0.717, 1.165) is 11.8 Å². The first-order valence-corrected chi connectivity index (χ1v) is 8.40. The zero-order chi connectivity index (χ0) is 19.0. The Labute approximate surface area is 162 Å². The minimum absolute atomic E-state index is 0. The number of esters is 1. The quantitative estimate of drug-likeness (QED) is 0.662. The molecule has 26 heavy (non-hydrogen) atoms. The number of ether oxygens (including phenoxy) is 1. The second-order valence-corrected chi connectivity index (χ2v) is 6.56. The molecule has 8 nitrogen and oxygen atoms in total. The van der Waals surface area contributed by atoms with Crippen LogP contribution < -0.4 is 11.1 Å². The third-order valence-corrected chi connectivity index (χ3v) is 4.06. The second kappa shape index (κ2) is 11.5. The number of allylic oxidation sites excluding steroid dienone is 1. The van der Waals surface area contributed by atoms with E-state index in [0.29, 0.717) is 28.4 Å². The van der Waals surface area contributed by atoms with Crippen LogP contribution in [0.2, 0.25) is 0 Å². The number of aromatic nitrogens is 2. The van der Waals surface area contributed by atoms with Crippen LogP contribution in [0, 0.1) is 6.92 Å². The lowest BCUT2D eigenvalue weighted by Crippen LogP contribution is -2.25. The molecule has 1 aromatic heterocycles. The van der Waals surface area contributed by atoms with E-state index in [2.05, 4.69) is 15.3 Å². The van der Waals surface area contributed by atoms with Crippen LogP contribution in [0.25, 0.3) is 0 Å². The Bertz CT molecular complexity index is 709. The Hall–Kier alpha value is -2.13.